The summed E-state index contributed by atoms with van der Waals surface area (Å²) in [6.07, 6.45) is 1.50. The van der Waals surface area contributed by atoms with E-state index in [-0.39, 0.29) is 22.6 Å². The van der Waals surface area contributed by atoms with Crippen LogP contribution in [0, 0.1) is 5.82 Å². The van der Waals surface area contributed by atoms with Crippen molar-refractivity contribution in [1.82, 2.24) is 9.97 Å². The van der Waals surface area contributed by atoms with E-state index in [4.69, 9.17) is 4.42 Å². The third kappa shape index (κ3) is 1.66. The van der Waals surface area contributed by atoms with Crippen LogP contribution in [0.4, 0.5) is 4.39 Å². The molecule has 0 amide bonds. The van der Waals surface area contributed by atoms with Gasteiger partial charge in [-0.15, -0.1) is 0 Å². The van der Waals surface area contributed by atoms with E-state index in [2.05, 4.69) is 9.97 Å². The van der Waals surface area contributed by atoms with Crippen LogP contribution in [0.1, 0.15) is 0 Å². The van der Waals surface area contributed by atoms with E-state index in [9.17, 15) is 9.18 Å². The smallest absolute Gasteiger partial charge is 0.285 e. The van der Waals surface area contributed by atoms with E-state index in [0.29, 0.717) is 0 Å². The van der Waals surface area contributed by atoms with Gasteiger partial charge in [0.15, 0.2) is 0 Å². The van der Waals surface area contributed by atoms with Crippen LogP contribution in [0.5, 0.6) is 0 Å². The fourth-order valence-electron chi connectivity index (χ4n) is 1.65. The molecule has 18 heavy (non-hydrogen) atoms. The van der Waals surface area contributed by atoms with E-state index >= 15 is 0 Å². The molecular weight excluding hydrogens is 235 g/mol. The maximum atomic E-state index is 13.6. The number of benzene rings is 1. The molecule has 0 radical (unpaired) electrons. The average molecular weight is 242 g/mol. The highest BCUT2D eigenvalue weighted by molar-refractivity contribution is 5.72. The Morgan fingerprint density at radius 3 is 2.78 bits per heavy atom. The maximum Gasteiger partial charge on any atom is 0.285 e. The lowest BCUT2D eigenvalue weighted by Crippen LogP contribution is -2.08. The number of hydrogen-bond acceptors (Lipinski definition) is 4. The highest BCUT2D eigenvalue weighted by Crippen LogP contribution is 2.21. The van der Waals surface area contributed by atoms with Gasteiger partial charge in [-0.1, -0.05) is 12.1 Å². The molecule has 0 spiro atoms. The molecule has 4 nitrogen and oxygen atoms in total. The minimum absolute atomic E-state index is 0.0655. The van der Waals surface area contributed by atoms with Gasteiger partial charge < -0.3 is 4.42 Å². The van der Waals surface area contributed by atoms with Gasteiger partial charge in [0.05, 0.1) is 5.56 Å². The van der Waals surface area contributed by atoms with E-state index < -0.39 is 11.4 Å². The summed E-state index contributed by atoms with van der Waals surface area (Å²) in [4.78, 5) is 19.4. The van der Waals surface area contributed by atoms with Crippen LogP contribution in [-0.2, 0) is 0 Å². The third-order valence-electron chi connectivity index (χ3n) is 2.50. The summed E-state index contributed by atoms with van der Waals surface area (Å²) in [6, 6.07) is 9.14. The van der Waals surface area contributed by atoms with Gasteiger partial charge in [-0.05, 0) is 24.3 Å². The summed E-state index contributed by atoms with van der Waals surface area (Å²) >= 11 is 0. The van der Waals surface area contributed by atoms with Crippen molar-refractivity contribution in [2.75, 3.05) is 0 Å². The highest BCUT2D eigenvalue weighted by atomic mass is 19.1. The quantitative estimate of drug-likeness (QED) is 0.657. The number of fused-ring (bicyclic) bond motifs is 1. The first kappa shape index (κ1) is 10.6. The van der Waals surface area contributed by atoms with Gasteiger partial charge in [-0.25, -0.2) is 9.37 Å². The normalized spacial score (nSPS) is 10.7. The summed E-state index contributed by atoms with van der Waals surface area (Å²) in [7, 11) is 0. The number of aromatic nitrogens is 2. The van der Waals surface area contributed by atoms with Gasteiger partial charge in [-0.2, -0.15) is 4.98 Å². The van der Waals surface area contributed by atoms with Crippen LogP contribution in [0.2, 0.25) is 0 Å². The Morgan fingerprint density at radius 1 is 1.11 bits per heavy atom. The van der Waals surface area contributed by atoms with Crippen molar-refractivity contribution in [3.05, 3.63) is 58.8 Å². The summed E-state index contributed by atoms with van der Waals surface area (Å²) in [5.74, 6) is -0.562. The lowest BCUT2D eigenvalue weighted by molar-refractivity contribution is 0.567. The Morgan fingerprint density at radius 2 is 1.94 bits per heavy atom. The van der Waals surface area contributed by atoms with Crippen molar-refractivity contribution in [3.63, 3.8) is 0 Å². The fraction of sp³-hybridized carbons (Fsp3) is 0. The first-order chi connectivity index (χ1) is 8.75. The molecule has 0 aliphatic heterocycles. The summed E-state index contributed by atoms with van der Waals surface area (Å²) < 4.78 is 18.9. The van der Waals surface area contributed by atoms with Crippen molar-refractivity contribution < 1.29 is 8.81 Å². The molecule has 0 saturated carbocycles. The Hall–Kier alpha value is -2.56. The van der Waals surface area contributed by atoms with Crippen molar-refractivity contribution in [2.24, 2.45) is 0 Å². The highest BCUT2D eigenvalue weighted by Gasteiger charge is 2.12. The third-order valence-corrected chi connectivity index (χ3v) is 2.50. The number of hydrogen-bond donors (Lipinski definition) is 0. The summed E-state index contributed by atoms with van der Waals surface area (Å²) in [5, 5.41) is 0.276. The Balaban J connectivity index is 2.32. The van der Waals surface area contributed by atoms with Gasteiger partial charge >= 0.3 is 0 Å². The lowest BCUT2D eigenvalue weighted by Gasteiger charge is -2.01. The zero-order chi connectivity index (χ0) is 12.5. The second-order valence-corrected chi connectivity index (χ2v) is 3.66. The minimum Gasteiger partial charge on any atom is -0.419 e. The van der Waals surface area contributed by atoms with Gasteiger partial charge in [0, 0.05) is 6.20 Å². The van der Waals surface area contributed by atoms with Crippen LogP contribution in [-0.4, -0.2) is 9.97 Å². The van der Waals surface area contributed by atoms with Crippen LogP contribution in [0.25, 0.3) is 22.6 Å². The molecule has 0 unspecified atom stereocenters. The number of rotatable bonds is 1. The molecule has 88 valence electrons. The Bertz CT molecular complexity index is 783. The van der Waals surface area contributed by atoms with Crippen LogP contribution in [0.3, 0.4) is 0 Å². The molecule has 1 aromatic carbocycles. The van der Waals surface area contributed by atoms with E-state index in [1.54, 1.807) is 24.3 Å². The molecule has 0 aliphatic rings. The van der Waals surface area contributed by atoms with Gasteiger partial charge in [0.1, 0.15) is 11.2 Å². The SMILES string of the molecule is O=c1nc(-c2ccccc2F)oc2ncccc12. The van der Waals surface area contributed by atoms with Crippen molar-refractivity contribution in [3.8, 4) is 11.5 Å². The van der Waals surface area contributed by atoms with E-state index in [1.807, 2.05) is 0 Å². The predicted octanol–water partition coefficient (Wildman–Crippen LogP) is 2.39. The largest absolute Gasteiger partial charge is 0.419 e. The lowest BCUT2D eigenvalue weighted by atomic mass is 10.2. The van der Waals surface area contributed by atoms with Gasteiger partial charge in [0.25, 0.3) is 5.56 Å². The molecule has 0 N–H and O–H groups in total. The van der Waals surface area contributed by atoms with Gasteiger partial charge in [-0.3, -0.25) is 4.79 Å². The number of pyridine rings is 1. The number of nitrogens with zero attached hydrogens (tertiary/aromatic N) is 2. The summed E-state index contributed by atoms with van der Waals surface area (Å²) in [6.45, 7) is 0. The van der Waals surface area contributed by atoms with Crippen LogP contribution < -0.4 is 5.56 Å². The Labute approximate surface area is 101 Å². The predicted molar refractivity (Wildman–Crippen MR) is 63.5 cm³/mol. The standard InChI is InChI=1S/C13H7FN2O2/c14-10-6-2-1-4-8(10)13-16-11(17)9-5-3-7-15-12(9)18-13/h1-7H. The molecule has 2 aromatic heterocycles. The minimum atomic E-state index is -0.497. The first-order valence-electron chi connectivity index (χ1n) is 5.26. The molecule has 0 bridgehead atoms. The van der Waals surface area contributed by atoms with E-state index in [1.165, 1.54) is 18.3 Å². The molecule has 2 heterocycles. The van der Waals surface area contributed by atoms with Gasteiger partial charge in [0.2, 0.25) is 11.6 Å². The zero-order valence-corrected chi connectivity index (χ0v) is 9.13. The molecule has 0 aliphatic carbocycles. The Kier molecular flexibility index (Phi) is 2.37. The van der Waals surface area contributed by atoms with Crippen LogP contribution in [0.15, 0.2) is 51.8 Å². The summed E-state index contributed by atoms with van der Waals surface area (Å²) in [5.41, 5.74) is -0.194. The second kappa shape index (κ2) is 4.03. The van der Waals surface area contributed by atoms with Crippen LogP contribution >= 0.6 is 0 Å². The average Bonchev–Trinajstić information content (AvgIpc) is 2.39. The maximum absolute atomic E-state index is 13.6. The first-order valence-corrected chi connectivity index (χ1v) is 5.26. The number of halogens is 1. The van der Waals surface area contributed by atoms with Crippen molar-refractivity contribution in [1.29, 1.82) is 0 Å². The zero-order valence-electron chi connectivity index (χ0n) is 9.13. The molecule has 0 fully saturated rings. The van der Waals surface area contributed by atoms with Crippen molar-refractivity contribution >= 4 is 11.1 Å². The monoisotopic (exact) mass is 242 g/mol. The molecule has 0 atom stereocenters. The molecule has 3 rings (SSSR count). The molecule has 5 heteroatoms. The molecular formula is C13H7FN2O2. The molecule has 3 aromatic rings. The topological polar surface area (TPSA) is 56.0 Å². The molecule has 0 saturated heterocycles. The fourth-order valence-corrected chi connectivity index (χ4v) is 1.65. The second-order valence-electron chi connectivity index (χ2n) is 3.66. The van der Waals surface area contributed by atoms with E-state index in [0.717, 1.165) is 0 Å². The van der Waals surface area contributed by atoms with Crippen molar-refractivity contribution in [2.45, 2.75) is 0 Å².